The molecule has 2 aromatic rings. The molecule has 1 fully saturated rings. The topological polar surface area (TPSA) is 41.6 Å². The summed E-state index contributed by atoms with van der Waals surface area (Å²) in [5, 5.41) is 3.74. The smallest absolute Gasteiger partial charge is 0.414 e. The maximum Gasteiger partial charge on any atom is 0.414 e. The zero-order valence-corrected chi connectivity index (χ0v) is 15.4. The van der Waals surface area contributed by atoms with Crippen molar-refractivity contribution < 1.29 is 9.53 Å². The number of amides is 1. The molecular weight excluding hydrogens is 359 g/mol. The number of likely N-dealkylation sites (N-methyl/N-ethyl adjacent to an activating group) is 1. The minimum atomic E-state index is -0.294. The number of nitrogens with zero attached hydrogens (tertiary/aromatic N) is 1. The lowest BCUT2D eigenvalue weighted by molar-refractivity contribution is 0.141. The van der Waals surface area contributed by atoms with Gasteiger partial charge >= 0.3 is 6.09 Å². The first-order valence-corrected chi connectivity index (χ1v) is 8.20. The van der Waals surface area contributed by atoms with Crippen LogP contribution in [0.5, 0.6) is 0 Å². The van der Waals surface area contributed by atoms with E-state index in [1.165, 1.54) is 0 Å². The summed E-state index contributed by atoms with van der Waals surface area (Å²) < 4.78 is 5.31. The maximum absolute atomic E-state index is 11.9. The molecule has 132 valence electrons. The molecule has 4 nitrogen and oxygen atoms in total. The molecule has 1 saturated heterocycles. The van der Waals surface area contributed by atoms with Gasteiger partial charge in [-0.15, -0.1) is 12.4 Å². The third-order valence-corrected chi connectivity index (χ3v) is 4.06. The molecule has 0 saturated carbocycles. The predicted molar refractivity (Wildman–Crippen MR) is 106 cm³/mol. The summed E-state index contributed by atoms with van der Waals surface area (Å²) in [4.78, 5) is 13.6. The fraction of sp³-hybridized carbons (Fsp3) is 0.211. The van der Waals surface area contributed by atoms with Gasteiger partial charge in [-0.3, -0.25) is 4.90 Å². The van der Waals surface area contributed by atoms with Crippen LogP contribution in [-0.2, 0) is 4.74 Å². The monoisotopic (exact) mass is 378 g/mol. The number of anilines is 1. The first-order valence-electron chi connectivity index (χ1n) is 7.82. The van der Waals surface area contributed by atoms with Gasteiger partial charge in [0, 0.05) is 17.3 Å². The molecule has 0 aromatic heterocycles. The lowest BCUT2D eigenvalue weighted by atomic mass is 10.1. The van der Waals surface area contributed by atoms with Crippen LogP contribution in [0.2, 0.25) is 5.02 Å². The van der Waals surface area contributed by atoms with Gasteiger partial charge in [-0.05, 0) is 42.4 Å². The summed E-state index contributed by atoms with van der Waals surface area (Å²) in [7, 11) is 1.84. The van der Waals surface area contributed by atoms with Gasteiger partial charge in [-0.1, -0.05) is 48.0 Å². The highest BCUT2D eigenvalue weighted by molar-refractivity contribution is 6.30. The van der Waals surface area contributed by atoms with Crippen LogP contribution in [0.15, 0.2) is 48.5 Å². The van der Waals surface area contributed by atoms with Crippen LogP contribution < -0.4 is 10.2 Å². The maximum atomic E-state index is 11.9. The van der Waals surface area contributed by atoms with E-state index in [9.17, 15) is 4.79 Å². The highest BCUT2D eigenvalue weighted by atomic mass is 35.5. The van der Waals surface area contributed by atoms with Crippen molar-refractivity contribution in [3.05, 3.63) is 64.7 Å². The zero-order chi connectivity index (χ0) is 16.9. The van der Waals surface area contributed by atoms with E-state index < -0.39 is 0 Å². The zero-order valence-electron chi connectivity index (χ0n) is 13.8. The minimum Gasteiger partial charge on any atom is -0.443 e. The fourth-order valence-electron chi connectivity index (χ4n) is 2.63. The molecule has 1 amide bonds. The number of nitrogens with one attached hydrogen (secondary N) is 1. The molecule has 1 atom stereocenters. The second kappa shape index (κ2) is 8.90. The molecule has 0 aliphatic carbocycles. The molecule has 6 heteroatoms. The van der Waals surface area contributed by atoms with Gasteiger partial charge in [-0.2, -0.15) is 0 Å². The van der Waals surface area contributed by atoms with E-state index in [0.717, 1.165) is 21.8 Å². The number of benzene rings is 2. The highest BCUT2D eigenvalue weighted by Crippen LogP contribution is 2.22. The van der Waals surface area contributed by atoms with Gasteiger partial charge < -0.3 is 10.1 Å². The molecule has 0 radical (unpaired) electrons. The van der Waals surface area contributed by atoms with E-state index in [1.54, 1.807) is 4.90 Å². The van der Waals surface area contributed by atoms with Gasteiger partial charge in [0.05, 0.1) is 6.54 Å². The summed E-state index contributed by atoms with van der Waals surface area (Å²) in [5.41, 5.74) is 2.95. The lowest BCUT2D eigenvalue weighted by Crippen LogP contribution is -2.28. The number of hydrogen-bond acceptors (Lipinski definition) is 3. The van der Waals surface area contributed by atoms with E-state index in [-0.39, 0.29) is 24.6 Å². The van der Waals surface area contributed by atoms with Gasteiger partial charge in [-0.25, -0.2) is 4.79 Å². The van der Waals surface area contributed by atoms with E-state index in [1.807, 2.05) is 67.7 Å². The molecule has 0 spiro atoms. The van der Waals surface area contributed by atoms with Crippen LogP contribution >= 0.6 is 24.0 Å². The first-order chi connectivity index (χ1) is 11.7. The molecule has 25 heavy (non-hydrogen) atoms. The Morgan fingerprint density at radius 1 is 1.20 bits per heavy atom. The molecule has 1 aliphatic heterocycles. The molecule has 3 rings (SSSR count). The summed E-state index contributed by atoms with van der Waals surface area (Å²) in [5.74, 6) is 0. The second-order valence-electron chi connectivity index (χ2n) is 5.65. The summed E-state index contributed by atoms with van der Waals surface area (Å²) in [6.45, 7) is 1.22. The first kappa shape index (κ1) is 19.3. The van der Waals surface area contributed by atoms with Crippen LogP contribution in [0.25, 0.3) is 12.2 Å². The predicted octanol–water partition coefficient (Wildman–Crippen LogP) is 4.48. The van der Waals surface area contributed by atoms with Crippen LogP contribution in [0.4, 0.5) is 10.5 Å². The molecule has 1 unspecified atom stereocenters. The minimum absolute atomic E-state index is 0. The Balaban J connectivity index is 0.00000225. The van der Waals surface area contributed by atoms with Crippen molar-refractivity contribution in [2.75, 3.05) is 25.0 Å². The van der Waals surface area contributed by atoms with Crippen LogP contribution in [0.3, 0.4) is 0 Å². The normalized spacial score (nSPS) is 16.8. The van der Waals surface area contributed by atoms with Gasteiger partial charge in [0.25, 0.3) is 0 Å². The van der Waals surface area contributed by atoms with Gasteiger partial charge in [0.1, 0.15) is 6.10 Å². The van der Waals surface area contributed by atoms with Crippen LogP contribution in [0.1, 0.15) is 11.1 Å². The number of halogens is 2. The number of rotatable bonds is 5. The van der Waals surface area contributed by atoms with Crippen LogP contribution in [-0.4, -0.2) is 32.3 Å². The molecular formula is C19H20Cl2N2O2. The molecule has 1 aliphatic rings. The number of ether oxygens (including phenoxy) is 1. The van der Waals surface area contributed by atoms with E-state index in [2.05, 4.69) is 5.32 Å². The highest BCUT2D eigenvalue weighted by Gasteiger charge is 2.31. The van der Waals surface area contributed by atoms with Gasteiger partial charge in [0.2, 0.25) is 0 Å². The molecule has 1 N–H and O–H groups in total. The third kappa shape index (κ3) is 4.98. The summed E-state index contributed by atoms with van der Waals surface area (Å²) in [6.07, 6.45) is 3.62. The SMILES string of the molecule is CNCC1CN(c2ccc(/C=C/c3cccc(Cl)c3)cc2)C(=O)O1.Cl. The Kier molecular flexibility index (Phi) is 6.88. The molecule has 2 aromatic carbocycles. The van der Waals surface area contributed by atoms with E-state index >= 15 is 0 Å². The van der Waals surface area contributed by atoms with Crippen molar-refractivity contribution in [2.45, 2.75) is 6.10 Å². The van der Waals surface area contributed by atoms with Crippen molar-refractivity contribution in [3.63, 3.8) is 0 Å². The summed E-state index contributed by atoms with van der Waals surface area (Å²) in [6, 6.07) is 15.5. The Hall–Kier alpha value is -2.01. The van der Waals surface area contributed by atoms with E-state index in [4.69, 9.17) is 16.3 Å². The average molecular weight is 379 g/mol. The Bertz CT molecular complexity index is 747. The quantitative estimate of drug-likeness (QED) is 0.779. The number of carbonyl (C=O) groups is 1. The number of hydrogen-bond donors (Lipinski definition) is 1. The van der Waals surface area contributed by atoms with Crippen molar-refractivity contribution in [3.8, 4) is 0 Å². The number of carbonyl (C=O) groups excluding carboxylic acids is 1. The van der Waals surface area contributed by atoms with Gasteiger partial charge in [0.15, 0.2) is 0 Å². The number of cyclic esters (lactones) is 1. The molecule has 0 bridgehead atoms. The lowest BCUT2D eigenvalue weighted by Gasteiger charge is -2.13. The van der Waals surface area contributed by atoms with Crippen molar-refractivity contribution in [1.82, 2.24) is 5.32 Å². The average Bonchev–Trinajstić information content (AvgIpc) is 2.94. The Morgan fingerprint density at radius 3 is 2.60 bits per heavy atom. The molecule has 1 heterocycles. The Labute approximate surface area is 158 Å². The van der Waals surface area contributed by atoms with E-state index in [0.29, 0.717) is 13.1 Å². The fourth-order valence-corrected chi connectivity index (χ4v) is 2.83. The van der Waals surface area contributed by atoms with Crippen LogP contribution in [0, 0.1) is 0 Å². The third-order valence-electron chi connectivity index (χ3n) is 3.83. The van der Waals surface area contributed by atoms with Crippen molar-refractivity contribution in [1.29, 1.82) is 0 Å². The largest absolute Gasteiger partial charge is 0.443 e. The second-order valence-corrected chi connectivity index (χ2v) is 6.09. The standard InChI is InChI=1S/C19H19ClN2O2.ClH/c1-21-12-18-13-22(19(23)24-18)17-9-7-14(8-10-17)5-6-15-3-2-4-16(20)11-15;/h2-11,18,21H,12-13H2,1H3;1H/b6-5+;. The Morgan fingerprint density at radius 2 is 1.92 bits per heavy atom. The summed E-state index contributed by atoms with van der Waals surface area (Å²) >= 11 is 5.98. The van der Waals surface area contributed by atoms with Crippen molar-refractivity contribution >= 4 is 47.9 Å². The van der Waals surface area contributed by atoms with Crippen molar-refractivity contribution in [2.24, 2.45) is 0 Å².